The van der Waals surface area contributed by atoms with Crippen LogP contribution in [0.4, 0.5) is 11.5 Å². The summed E-state index contributed by atoms with van der Waals surface area (Å²) in [6.07, 6.45) is 4.45. The normalized spacial score (nSPS) is 14.0. The molecule has 10 nitrogen and oxygen atoms in total. The zero-order valence-electron chi connectivity index (χ0n) is 15.6. The molecule has 0 fully saturated rings. The Morgan fingerprint density at radius 1 is 1.25 bits per heavy atom. The molecule has 3 aliphatic rings. The fourth-order valence-corrected chi connectivity index (χ4v) is 3.77. The molecule has 0 aliphatic carbocycles. The van der Waals surface area contributed by atoms with Crippen LogP contribution in [0.3, 0.4) is 0 Å². The van der Waals surface area contributed by atoms with Gasteiger partial charge < -0.3 is 14.6 Å². The maximum Gasteiger partial charge on any atom is 0.246 e. The summed E-state index contributed by atoms with van der Waals surface area (Å²) in [4.78, 5) is 17.1. The first kappa shape index (κ1) is 18.2. The van der Waals surface area contributed by atoms with E-state index in [-0.39, 0.29) is 11.6 Å². The molecule has 0 saturated heterocycles. The van der Waals surface area contributed by atoms with Crippen molar-refractivity contribution in [2.45, 2.75) is 6.54 Å². The molecule has 28 heavy (non-hydrogen) atoms. The van der Waals surface area contributed by atoms with Crippen molar-refractivity contribution in [3.8, 4) is 28.4 Å². The van der Waals surface area contributed by atoms with E-state index in [4.69, 9.17) is 4.74 Å². The van der Waals surface area contributed by atoms with Gasteiger partial charge in [-0.15, -0.1) is 0 Å². The Bertz CT molecular complexity index is 1200. The maximum atomic E-state index is 11.7. The average Bonchev–Trinajstić information content (AvgIpc) is 3.16. The van der Waals surface area contributed by atoms with E-state index in [0.29, 0.717) is 5.62 Å². The van der Waals surface area contributed by atoms with Gasteiger partial charge in [0.2, 0.25) is 21.5 Å². The fourth-order valence-electron chi connectivity index (χ4n) is 3.22. The van der Waals surface area contributed by atoms with E-state index >= 15 is 0 Å². The third-order valence-electron chi connectivity index (χ3n) is 4.34. The summed E-state index contributed by atoms with van der Waals surface area (Å²) in [5.41, 5.74) is 3.14. The molecule has 4 heterocycles. The molecule has 0 amide bonds. The van der Waals surface area contributed by atoms with E-state index in [2.05, 4.69) is 34.6 Å². The van der Waals surface area contributed by atoms with Crippen LogP contribution in [0.2, 0.25) is 0 Å². The Labute approximate surface area is 161 Å². The first-order valence-corrected chi connectivity index (χ1v) is 10.4. The molecule has 0 aromatic carbocycles. The second-order valence-electron chi connectivity index (χ2n) is 6.31. The van der Waals surface area contributed by atoms with Gasteiger partial charge in [0, 0.05) is 49.2 Å². The predicted molar refractivity (Wildman–Crippen MR) is 105 cm³/mol. The largest absolute Gasteiger partial charge is 0.480 e. The van der Waals surface area contributed by atoms with E-state index in [1.54, 1.807) is 25.5 Å². The maximum absolute atomic E-state index is 11.7. The lowest BCUT2D eigenvalue weighted by Crippen LogP contribution is -2.17. The van der Waals surface area contributed by atoms with Crippen molar-refractivity contribution in [3.63, 3.8) is 0 Å². The lowest BCUT2D eigenvalue weighted by Gasteiger charge is -2.17. The molecule has 2 N–H and O–H groups in total. The Kier molecular flexibility index (Phi) is 4.38. The number of nitrogens with zero attached hydrogens (tertiary/aromatic N) is 5. The summed E-state index contributed by atoms with van der Waals surface area (Å²) in [7, 11) is -0.394. The van der Waals surface area contributed by atoms with Crippen LogP contribution >= 0.6 is 0 Å². The molecular weight excluding hydrogens is 382 g/mol. The van der Waals surface area contributed by atoms with E-state index in [1.165, 1.54) is 7.11 Å². The van der Waals surface area contributed by atoms with Gasteiger partial charge in [0.15, 0.2) is 0 Å². The zero-order valence-corrected chi connectivity index (χ0v) is 16.4. The molecule has 0 saturated carbocycles. The van der Waals surface area contributed by atoms with Gasteiger partial charge in [0.1, 0.15) is 17.3 Å². The SMILES string of the molecule is CN=c1ncc2cc(-c3cnc(OC)c(NS(C)(=O)=O)c3)c3n(c-2n1)CCN3. The van der Waals surface area contributed by atoms with Gasteiger partial charge in [0.05, 0.1) is 13.4 Å². The highest BCUT2D eigenvalue weighted by atomic mass is 32.2. The first-order valence-electron chi connectivity index (χ1n) is 8.49. The molecule has 1 aromatic heterocycles. The third kappa shape index (κ3) is 3.24. The van der Waals surface area contributed by atoms with Crippen LogP contribution < -0.4 is 20.4 Å². The summed E-state index contributed by atoms with van der Waals surface area (Å²) in [5.74, 6) is 1.87. The molecular formula is C17H19N7O3S. The lowest BCUT2D eigenvalue weighted by molar-refractivity contribution is 0.400. The number of hydrogen-bond acceptors (Lipinski definition) is 8. The average molecular weight is 401 g/mol. The summed E-state index contributed by atoms with van der Waals surface area (Å²) in [5, 5.41) is 3.37. The number of methoxy groups -OCH3 is 1. The van der Waals surface area contributed by atoms with E-state index in [9.17, 15) is 8.42 Å². The molecule has 146 valence electrons. The quantitative estimate of drug-likeness (QED) is 0.662. The Hall–Kier alpha value is -3.21. The van der Waals surface area contributed by atoms with Gasteiger partial charge >= 0.3 is 0 Å². The van der Waals surface area contributed by atoms with E-state index < -0.39 is 10.0 Å². The van der Waals surface area contributed by atoms with Gasteiger partial charge in [-0.2, -0.15) is 4.98 Å². The van der Waals surface area contributed by atoms with Crippen molar-refractivity contribution in [1.82, 2.24) is 19.5 Å². The van der Waals surface area contributed by atoms with E-state index in [0.717, 1.165) is 47.7 Å². The minimum absolute atomic E-state index is 0.199. The topological polar surface area (TPSA) is 123 Å². The van der Waals surface area contributed by atoms with Crippen LogP contribution in [0.5, 0.6) is 5.88 Å². The molecule has 0 bridgehead atoms. The minimum atomic E-state index is -3.48. The molecule has 1 aromatic rings. The summed E-state index contributed by atoms with van der Waals surface area (Å²) in [6, 6.07) is 3.65. The number of fused-ring (bicyclic) bond motifs is 3. The van der Waals surface area contributed by atoms with Gasteiger partial charge in [0.25, 0.3) is 0 Å². The highest BCUT2D eigenvalue weighted by Gasteiger charge is 2.23. The van der Waals surface area contributed by atoms with Crippen LogP contribution in [-0.4, -0.2) is 54.9 Å². The van der Waals surface area contributed by atoms with Crippen LogP contribution in [0.15, 0.2) is 29.5 Å². The molecule has 0 unspecified atom stereocenters. The standard InChI is InChI=1S/C17H19N7O3S/c1-18-17-21-9-11-6-12(15-19-4-5-24(15)14(11)22-17)10-7-13(23-28(3,25)26)16(27-2)20-8-10/h6-9,19,23H,4-5H2,1-3H3. The van der Waals surface area contributed by atoms with Crippen LogP contribution in [0.1, 0.15) is 0 Å². The van der Waals surface area contributed by atoms with Crippen molar-refractivity contribution < 1.29 is 13.2 Å². The summed E-state index contributed by atoms with van der Waals surface area (Å²) >= 11 is 0. The van der Waals surface area contributed by atoms with Crippen molar-refractivity contribution in [2.24, 2.45) is 4.99 Å². The number of sulfonamides is 1. The van der Waals surface area contributed by atoms with Crippen LogP contribution in [0, 0.1) is 0 Å². The van der Waals surface area contributed by atoms with E-state index in [1.807, 2.05) is 6.07 Å². The molecule has 4 rings (SSSR count). The smallest absolute Gasteiger partial charge is 0.246 e. The highest BCUT2D eigenvalue weighted by molar-refractivity contribution is 7.92. The summed E-state index contributed by atoms with van der Waals surface area (Å²) < 4.78 is 33.1. The second kappa shape index (κ2) is 6.75. The molecule has 11 heteroatoms. The summed E-state index contributed by atoms with van der Waals surface area (Å²) in [6.45, 7) is 1.50. The number of anilines is 2. The highest BCUT2D eigenvalue weighted by Crippen LogP contribution is 2.38. The van der Waals surface area contributed by atoms with Crippen molar-refractivity contribution in [1.29, 1.82) is 0 Å². The Morgan fingerprint density at radius 2 is 2.04 bits per heavy atom. The molecule has 0 radical (unpaired) electrons. The molecule has 3 aliphatic heterocycles. The third-order valence-corrected chi connectivity index (χ3v) is 4.93. The number of pyridine rings is 2. The zero-order chi connectivity index (χ0) is 19.9. The lowest BCUT2D eigenvalue weighted by atomic mass is 10.0. The van der Waals surface area contributed by atoms with Gasteiger partial charge in [-0.05, 0) is 12.1 Å². The number of aromatic nitrogens is 4. The predicted octanol–water partition coefficient (Wildman–Crippen LogP) is 0.781. The monoisotopic (exact) mass is 401 g/mol. The first-order chi connectivity index (χ1) is 13.4. The number of nitrogens with one attached hydrogen (secondary N) is 2. The van der Waals surface area contributed by atoms with Crippen molar-refractivity contribution in [3.05, 3.63) is 30.1 Å². The Balaban J connectivity index is 1.93. The van der Waals surface area contributed by atoms with Crippen LogP contribution in [0.25, 0.3) is 22.5 Å². The number of ether oxygens (including phenoxy) is 1. The minimum Gasteiger partial charge on any atom is -0.480 e. The molecule has 0 spiro atoms. The molecule has 0 atom stereocenters. The second-order valence-corrected chi connectivity index (χ2v) is 8.06. The van der Waals surface area contributed by atoms with Crippen molar-refractivity contribution >= 4 is 21.5 Å². The number of rotatable bonds is 4. The Morgan fingerprint density at radius 3 is 2.75 bits per heavy atom. The fraction of sp³-hybridized carbons (Fsp3) is 0.294. The van der Waals surface area contributed by atoms with Gasteiger partial charge in [-0.3, -0.25) is 9.71 Å². The van der Waals surface area contributed by atoms with Gasteiger partial charge in [-0.1, -0.05) is 0 Å². The van der Waals surface area contributed by atoms with Gasteiger partial charge in [-0.25, -0.2) is 18.4 Å². The van der Waals surface area contributed by atoms with Crippen LogP contribution in [-0.2, 0) is 16.6 Å². The van der Waals surface area contributed by atoms with Crippen molar-refractivity contribution in [2.75, 3.05) is 37.0 Å². The number of hydrogen-bond donors (Lipinski definition) is 2.